The number of methoxy groups -OCH3 is 2. The van der Waals surface area contributed by atoms with E-state index in [2.05, 4.69) is 10.1 Å². The zero-order valence-electron chi connectivity index (χ0n) is 19.2. The molecule has 0 aliphatic carbocycles. The van der Waals surface area contributed by atoms with E-state index in [1.54, 1.807) is 44.1 Å². The standard InChI is InChI=1S/C25H23N5O4/c1-13(31)20-14(2)34-25-22(21(20)16-7-10-18(32-3)19(11-16)33-4)24-28-23(29-30(24)12-27-25)15-5-8-17(26)9-6-15/h5-12,21H,26H2,1-4H3. The number of nitrogens with two attached hydrogens (primary N) is 1. The molecule has 3 heterocycles. The highest BCUT2D eigenvalue weighted by molar-refractivity contribution is 5.97. The lowest BCUT2D eigenvalue weighted by Gasteiger charge is -2.28. The topological polar surface area (TPSA) is 114 Å². The van der Waals surface area contributed by atoms with Crippen molar-refractivity contribution in [3.8, 4) is 28.8 Å². The Morgan fingerprint density at radius 1 is 1.09 bits per heavy atom. The molecular weight excluding hydrogens is 434 g/mol. The summed E-state index contributed by atoms with van der Waals surface area (Å²) in [6.07, 6.45) is 1.56. The second-order valence-corrected chi connectivity index (χ2v) is 7.96. The molecule has 1 aliphatic rings. The fourth-order valence-electron chi connectivity index (χ4n) is 4.31. The fraction of sp³-hybridized carbons (Fsp3) is 0.200. The fourth-order valence-corrected chi connectivity index (χ4v) is 4.31. The molecule has 9 nitrogen and oxygen atoms in total. The van der Waals surface area contributed by atoms with Crippen LogP contribution in [-0.2, 0) is 4.79 Å². The molecule has 0 bridgehead atoms. The van der Waals surface area contributed by atoms with Crippen LogP contribution >= 0.6 is 0 Å². The van der Waals surface area contributed by atoms with Crippen LogP contribution in [0.5, 0.6) is 17.4 Å². The van der Waals surface area contributed by atoms with E-state index in [0.717, 1.165) is 11.1 Å². The third-order valence-corrected chi connectivity index (χ3v) is 5.88. The largest absolute Gasteiger partial charge is 0.493 e. The van der Waals surface area contributed by atoms with Crippen molar-refractivity contribution in [1.29, 1.82) is 0 Å². The summed E-state index contributed by atoms with van der Waals surface area (Å²) >= 11 is 0. The van der Waals surface area contributed by atoms with Crippen LogP contribution in [0.3, 0.4) is 0 Å². The molecule has 0 fully saturated rings. The third-order valence-electron chi connectivity index (χ3n) is 5.88. The van der Waals surface area contributed by atoms with Gasteiger partial charge < -0.3 is 19.9 Å². The van der Waals surface area contributed by atoms with Crippen LogP contribution in [0, 0.1) is 0 Å². The second-order valence-electron chi connectivity index (χ2n) is 7.96. The van der Waals surface area contributed by atoms with Gasteiger partial charge in [-0.15, -0.1) is 5.10 Å². The first-order valence-corrected chi connectivity index (χ1v) is 10.6. The minimum absolute atomic E-state index is 0.108. The lowest BCUT2D eigenvalue weighted by molar-refractivity contribution is -0.114. The van der Waals surface area contributed by atoms with Gasteiger partial charge in [0.25, 0.3) is 0 Å². The van der Waals surface area contributed by atoms with Crippen LogP contribution < -0.4 is 19.9 Å². The zero-order chi connectivity index (χ0) is 24.0. The van der Waals surface area contributed by atoms with Gasteiger partial charge in [0.05, 0.1) is 25.7 Å². The molecule has 1 unspecified atom stereocenters. The number of rotatable bonds is 5. The molecule has 0 saturated carbocycles. The minimum atomic E-state index is -0.485. The highest BCUT2D eigenvalue weighted by Crippen LogP contribution is 2.46. The van der Waals surface area contributed by atoms with E-state index in [1.807, 2.05) is 30.3 Å². The van der Waals surface area contributed by atoms with Gasteiger partial charge in [-0.25, -0.2) is 14.5 Å². The van der Waals surface area contributed by atoms with E-state index in [-0.39, 0.29) is 5.78 Å². The first-order chi connectivity index (χ1) is 16.4. The summed E-state index contributed by atoms with van der Waals surface area (Å²) in [6, 6.07) is 12.9. The number of hydrogen-bond acceptors (Lipinski definition) is 8. The highest BCUT2D eigenvalue weighted by atomic mass is 16.5. The first kappa shape index (κ1) is 21.4. The van der Waals surface area contributed by atoms with Crippen molar-refractivity contribution in [2.75, 3.05) is 20.0 Å². The minimum Gasteiger partial charge on any atom is -0.493 e. The van der Waals surface area contributed by atoms with Gasteiger partial charge in [0.15, 0.2) is 28.8 Å². The maximum Gasteiger partial charge on any atom is 0.228 e. The number of nitrogens with zero attached hydrogens (tertiary/aromatic N) is 4. The maximum absolute atomic E-state index is 12.8. The smallest absolute Gasteiger partial charge is 0.228 e. The van der Waals surface area contributed by atoms with Crippen molar-refractivity contribution in [3.63, 3.8) is 0 Å². The van der Waals surface area contributed by atoms with Crippen LogP contribution in [-0.4, -0.2) is 39.6 Å². The Balaban J connectivity index is 1.76. The molecule has 2 aromatic carbocycles. The van der Waals surface area contributed by atoms with Crippen LogP contribution in [0.1, 0.15) is 30.9 Å². The number of aromatic nitrogens is 4. The highest BCUT2D eigenvalue weighted by Gasteiger charge is 2.36. The Bertz CT molecular complexity index is 1460. The monoisotopic (exact) mass is 457 g/mol. The number of fused-ring (bicyclic) bond motifs is 3. The maximum atomic E-state index is 12.8. The summed E-state index contributed by atoms with van der Waals surface area (Å²) in [7, 11) is 3.15. The van der Waals surface area contributed by atoms with E-state index in [9.17, 15) is 4.79 Å². The Labute approximate surface area is 195 Å². The van der Waals surface area contributed by atoms with E-state index in [0.29, 0.717) is 51.4 Å². The lowest BCUT2D eigenvalue weighted by atomic mass is 9.81. The van der Waals surface area contributed by atoms with Crippen LogP contribution in [0.15, 0.2) is 60.1 Å². The van der Waals surface area contributed by atoms with E-state index >= 15 is 0 Å². The number of benzene rings is 2. The number of carbonyl (C=O) groups excluding carboxylic acids is 1. The Hall–Kier alpha value is -4.40. The normalized spacial score (nSPS) is 15.1. The molecule has 2 N–H and O–H groups in total. The predicted molar refractivity (Wildman–Crippen MR) is 126 cm³/mol. The molecular formula is C25H23N5O4. The quantitative estimate of drug-likeness (QED) is 0.451. The third kappa shape index (κ3) is 3.42. The van der Waals surface area contributed by atoms with Crippen molar-refractivity contribution in [3.05, 3.63) is 71.3 Å². The number of allylic oxidation sites excluding steroid dienone is 2. The lowest BCUT2D eigenvalue weighted by Crippen LogP contribution is -2.22. The van der Waals surface area contributed by atoms with Crippen molar-refractivity contribution in [1.82, 2.24) is 19.6 Å². The predicted octanol–water partition coefficient (Wildman–Crippen LogP) is 3.78. The van der Waals surface area contributed by atoms with Crippen LogP contribution in [0.25, 0.3) is 17.0 Å². The van der Waals surface area contributed by atoms with Gasteiger partial charge in [-0.05, 0) is 55.8 Å². The van der Waals surface area contributed by atoms with E-state index < -0.39 is 5.92 Å². The zero-order valence-corrected chi connectivity index (χ0v) is 19.2. The number of anilines is 1. The van der Waals surface area contributed by atoms with Gasteiger partial charge in [-0.3, -0.25) is 4.79 Å². The Kier molecular flexibility index (Phi) is 5.16. The summed E-state index contributed by atoms with van der Waals surface area (Å²) in [5.74, 6) is 1.94. The van der Waals surface area contributed by atoms with E-state index in [1.165, 1.54) is 6.92 Å². The number of hydrogen-bond donors (Lipinski definition) is 1. The van der Waals surface area contributed by atoms with Crippen molar-refractivity contribution >= 4 is 17.1 Å². The molecule has 5 rings (SSSR count). The van der Waals surface area contributed by atoms with Crippen molar-refractivity contribution < 1.29 is 19.0 Å². The SMILES string of the molecule is COc1ccc(C2C(C(C)=O)=C(C)Oc3ncn4nc(-c5ccc(N)cc5)nc4c32)cc1OC. The molecule has 172 valence electrons. The number of ether oxygens (including phenoxy) is 3. The number of carbonyl (C=O) groups is 1. The number of ketones is 1. The van der Waals surface area contributed by atoms with Gasteiger partial charge in [-0.2, -0.15) is 0 Å². The van der Waals surface area contributed by atoms with Crippen molar-refractivity contribution in [2.45, 2.75) is 19.8 Å². The molecule has 0 radical (unpaired) electrons. The molecule has 0 saturated heterocycles. The first-order valence-electron chi connectivity index (χ1n) is 10.6. The molecule has 0 amide bonds. The molecule has 4 aromatic rings. The molecule has 1 aliphatic heterocycles. The van der Waals surface area contributed by atoms with Crippen molar-refractivity contribution in [2.24, 2.45) is 0 Å². The molecule has 34 heavy (non-hydrogen) atoms. The van der Waals surface area contributed by atoms with E-state index in [4.69, 9.17) is 24.9 Å². The summed E-state index contributed by atoms with van der Waals surface area (Å²) in [4.78, 5) is 22.1. The molecule has 0 spiro atoms. The molecule has 2 aromatic heterocycles. The van der Waals surface area contributed by atoms with Gasteiger partial charge in [0.1, 0.15) is 12.1 Å². The average Bonchev–Trinajstić information content (AvgIpc) is 3.27. The van der Waals surface area contributed by atoms with Gasteiger partial charge >= 0.3 is 0 Å². The molecule has 9 heteroatoms. The molecule has 1 atom stereocenters. The van der Waals surface area contributed by atoms with Crippen LogP contribution in [0.4, 0.5) is 5.69 Å². The second kappa shape index (κ2) is 8.18. The Morgan fingerprint density at radius 2 is 1.82 bits per heavy atom. The number of Topliss-reactive ketones (excluding diaryl/α,β-unsaturated/α-hetero) is 1. The Morgan fingerprint density at radius 3 is 2.50 bits per heavy atom. The number of nitrogen functional groups attached to an aromatic ring is 1. The van der Waals surface area contributed by atoms with Crippen LogP contribution in [0.2, 0.25) is 0 Å². The average molecular weight is 457 g/mol. The summed E-state index contributed by atoms with van der Waals surface area (Å²) in [6.45, 7) is 3.29. The van der Waals surface area contributed by atoms with Gasteiger partial charge in [0.2, 0.25) is 5.88 Å². The summed E-state index contributed by atoms with van der Waals surface area (Å²) in [5, 5.41) is 4.60. The van der Waals surface area contributed by atoms with Gasteiger partial charge in [-0.1, -0.05) is 6.07 Å². The summed E-state index contributed by atoms with van der Waals surface area (Å²) < 4.78 is 18.5. The summed E-state index contributed by atoms with van der Waals surface area (Å²) in [5.41, 5.74) is 9.82. The van der Waals surface area contributed by atoms with Gasteiger partial charge in [0, 0.05) is 16.8 Å².